The zero-order valence-corrected chi connectivity index (χ0v) is 17.0. The third-order valence-corrected chi connectivity index (χ3v) is 5.41. The number of nitrogens with one attached hydrogen (secondary N) is 2. The normalized spacial score (nSPS) is 21.1. The number of aliphatic imine (C=N–C) groups is 1. The maximum atomic E-state index is 6.06. The van der Waals surface area contributed by atoms with E-state index < -0.39 is 0 Å². The van der Waals surface area contributed by atoms with E-state index in [4.69, 9.17) is 13.9 Å². The molecule has 2 N–H and O–H groups in total. The van der Waals surface area contributed by atoms with Gasteiger partial charge in [0.15, 0.2) is 11.7 Å². The van der Waals surface area contributed by atoms with Gasteiger partial charge in [0, 0.05) is 39.7 Å². The van der Waals surface area contributed by atoms with Crippen LogP contribution in [0.4, 0.5) is 0 Å². The molecule has 2 aliphatic rings. The molecule has 9 nitrogen and oxygen atoms in total. The Kier molecular flexibility index (Phi) is 6.79. The van der Waals surface area contributed by atoms with Crippen molar-refractivity contribution in [3.05, 3.63) is 24.2 Å². The predicted molar refractivity (Wildman–Crippen MR) is 109 cm³/mol. The van der Waals surface area contributed by atoms with Crippen LogP contribution in [0.3, 0.4) is 0 Å². The number of ether oxygens (including phenoxy) is 2. The van der Waals surface area contributed by atoms with E-state index in [2.05, 4.69) is 30.4 Å². The number of furan rings is 1. The first kappa shape index (κ1) is 19.9. The Bertz CT molecular complexity index is 761. The van der Waals surface area contributed by atoms with Crippen molar-refractivity contribution in [3.63, 3.8) is 0 Å². The fourth-order valence-corrected chi connectivity index (χ4v) is 3.80. The fraction of sp³-hybridized carbons (Fsp3) is 0.650. The summed E-state index contributed by atoms with van der Waals surface area (Å²) in [6.45, 7) is 4.23. The second-order valence-corrected chi connectivity index (χ2v) is 7.46. The highest BCUT2D eigenvalue weighted by atomic mass is 16.5. The Hall–Kier alpha value is -2.39. The molecule has 0 spiro atoms. The molecule has 0 bridgehead atoms. The number of aromatic nitrogens is 3. The topological polar surface area (TPSA) is 101 Å². The van der Waals surface area contributed by atoms with Crippen molar-refractivity contribution in [2.75, 3.05) is 39.9 Å². The van der Waals surface area contributed by atoms with Gasteiger partial charge < -0.3 is 24.1 Å². The standard InChI is InChI=1S/C20H30N6O3/c1-21-20(22-9-6-18-23-19(25-24-18)17-5-3-13-28-17)26-10-7-15(8-11-26)29-14-16-4-2-12-27-16/h3,5,13,15-16H,2,4,6-12,14H2,1H3,(H,21,22)(H,23,24,25). The monoisotopic (exact) mass is 402 g/mol. The van der Waals surface area contributed by atoms with Gasteiger partial charge in [-0.05, 0) is 37.8 Å². The molecule has 2 saturated heterocycles. The fourth-order valence-electron chi connectivity index (χ4n) is 3.80. The molecule has 158 valence electrons. The molecule has 0 aromatic carbocycles. The minimum atomic E-state index is 0.298. The minimum absolute atomic E-state index is 0.298. The smallest absolute Gasteiger partial charge is 0.216 e. The van der Waals surface area contributed by atoms with E-state index in [-0.39, 0.29) is 0 Å². The van der Waals surface area contributed by atoms with Crippen molar-refractivity contribution >= 4 is 5.96 Å². The van der Waals surface area contributed by atoms with Crippen molar-refractivity contribution in [2.24, 2.45) is 4.99 Å². The lowest BCUT2D eigenvalue weighted by Crippen LogP contribution is -2.47. The summed E-state index contributed by atoms with van der Waals surface area (Å²) >= 11 is 0. The van der Waals surface area contributed by atoms with Crippen molar-refractivity contribution in [2.45, 2.75) is 44.3 Å². The van der Waals surface area contributed by atoms with E-state index >= 15 is 0 Å². The van der Waals surface area contributed by atoms with Crippen molar-refractivity contribution in [3.8, 4) is 11.6 Å². The molecule has 4 heterocycles. The highest BCUT2D eigenvalue weighted by Crippen LogP contribution is 2.18. The Labute approximate surface area is 170 Å². The average Bonchev–Trinajstić information content (AvgIpc) is 3.52. The first-order valence-corrected chi connectivity index (χ1v) is 10.5. The van der Waals surface area contributed by atoms with Gasteiger partial charge in [0.25, 0.3) is 0 Å². The van der Waals surface area contributed by atoms with Crippen LogP contribution in [0.1, 0.15) is 31.5 Å². The van der Waals surface area contributed by atoms with Crippen LogP contribution in [0, 0.1) is 0 Å². The average molecular weight is 402 g/mol. The third-order valence-electron chi connectivity index (χ3n) is 5.41. The molecule has 4 rings (SSSR count). The van der Waals surface area contributed by atoms with Crippen molar-refractivity contribution in [1.29, 1.82) is 0 Å². The van der Waals surface area contributed by atoms with E-state index in [1.165, 1.54) is 0 Å². The molecule has 9 heteroatoms. The summed E-state index contributed by atoms with van der Waals surface area (Å²) in [4.78, 5) is 11.2. The van der Waals surface area contributed by atoms with Crippen LogP contribution in [0.15, 0.2) is 27.8 Å². The van der Waals surface area contributed by atoms with Crippen LogP contribution in [0.25, 0.3) is 11.6 Å². The lowest BCUT2D eigenvalue weighted by atomic mass is 10.1. The van der Waals surface area contributed by atoms with Crippen LogP contribution < -0.4 is 5.32 Å². The Morgan fingerprint density at radius 1 is 1.38 bits per heavy atom. The molecule has 2 aromatic rings. The zero-order chi connectivity index (χ0) is 19.9. The molecule has 2 fully saturated rings. The van der Waals surface area contributed by atoms with Gasteiger partial charge in [0.1, 0.15) is 5.82 Å². The predicted octanol–water partition coefficient (Wildman–Crippen LogP) is 1.84. The molecule has 2 aliphatic heterocycles. The first-order valence-electron chi connectivity index (χ1n) is 10.5. The first-order chi connectivity index (χ1) is 14.3. The number of likely N-dealkylation sites (tertiary alicyclic amines) is 1. The lowest BCUT2D eigenvalue weighted by Gasteiger charge is -2.34. The summed E-state index contributed by atoms with van der Waals surface area (Å²) in [5.41, 5.74) is 0. The number of guanidine groups is 1. The molecule has 0 saturated carbocycles. The highest BCUT2D eigenvalue weighted by molar-refractivity contribution is 5.79. The summed E-state index contributed by atoms with van der Waals surface area (Å²) in [5, 5.41) is 10.6. The number of rotatable bonds is 7. The van der Waals surface area contributed by atoms with Crippen LogP contribution in [0.2, 0.25) is 0 Å². The van der Waals surface area contributed by atoms with E-state index in [0.717, 1.165) is 76.7 Å². The number of nitrogens with zero attached hydrogens (tertiary/aromatic N) is 4. The maximum Gasteiger partial charge on any atom is 0.216 e. The molecule has 0 aliphatic carbocycles. The van der Waals surface area contributed by atoms with E-state index in [0.29, 0.717) is 23.8 Å². The van der Waals surface area contributed by atoms with Gasteiger partial charge in [-0.2, -0.15) is 5.10 Å². The van der Waals surface area contributed by atoms with Gasteiger partial charge in [-0.1, -0.05) is 0 Å². The summed E-state index contributed by atoms with van der Waals surface area (Å²) in [5.74, 6) is 2.99. The summed E-state index contributed by atoms with van der Waals surface area (Å²) in [6, 6.07) is 3.68. The number of piperidine rings is 1. The van der Waals surface area contributed by atoms with Crippen LogP contribution in [0.5, 0.6) is 0 Å². The Morgan fingerprint density at radius 2 is 2.28 bits per heavy atom. The molecule has 0 radical (unpaired) electrons. The van der Waals surface area contributed by atoms with E-state index in [1.807, 2.05) is 19.2 Å². The van der Waals surface area contributed by atoms with Crippen molar-refractivity contribution < 1.29 is 13.9 Å². The molecule has 1 unspecified atom stereocenters. The van der Waals surface area contributed by atoms with Gasteiger partial charge in [0.05, 0.1) is 25.1 Å². The largest absolute Gasteiger partial charge is 0.461 e. The minimum Gasteiger partial charge on any atom is -0.461 e. The van der Waals surface area contributed by atoms with Gasteiger partial charge >= 0.3 is 0 Å². The van der Waals surface area contributed by atoms with Crippen LogP contribution in [-0.4, -0.2) is 78.1 Å². The summed E-state index contributed by atoms with van der Waals surface area (Å²) < 4.78 is 17.0. The number of hydrogen-bond donors (Lipinski definition) is 2. The Morgan fingerprint density at radius 3 is 3.00 bits per heavy atom. The lowest BCUT2D eigenvalue weighted by molar-refractivity contribution is -0.0367. The van der Waals surface area contributed by atoms with E-state index in [1.54, 1.807) is 6.26 Å². The van der Waals surface area contributed by atoms with Crippen LogP contribution >= 0.6 is 0 Å². The molecular formula is C20H30N6O3. The summed E-state index contributed by atoms with van der Waals surface area (Å²) in [7, 11) is 1.83. The summed E-state index contributed by atoms with van der Waals surface area (Å²) in [6.07, 6.45) is 7.29. The molecule has 29 heavy (non-hydrogen) atoms. The van der Waals surface area contributed by atoms with Gasteiger partial charge in [-0.3, -0.25) is 10.1 Å². The third kappa shape index (κ3) is 5.36. The number of hydrogen-bond acceptors (Lipinski definition) is 6. The van der Waals surface area contributed by atoms with E-state index in [9.17, 15) is 0 Å². The number of H-pyrrole nitrogens is 1. The second kappa shape index (κ2) is 9.89. The van der Waals surface area contributed by atoms with Gasteiger partial charge in [-0.15, -0.1) is 0 Å². The maximum absolute atomic E-state index is 6.06. The SMILES string of the molecule is CN=C(NCCc1nc(-c2ccco2)n[nH]1)N1CCC(OCC2CCCO2)CC1. The second-order valence-electron chi connectivity index (χ2n) is 7.46. The highest BCUT2D eigenvalue weighted by Gasteiger charge is 2.24. The zero-order valence-electron chi connectivity index (χ0n) is 17.0. The molecular weight excluding hydrogens is 372 g/mol. The quantitative estimate of drug-likeness (QED) is 0.538. The number of aromatic amines is 1. The molecule has 0 amide bonds. The van der Waals surface area contributed by atoms with Crippen LogP contribution in [-0.2, 0) is 15.9 Å². The molecule has 2 aromatic heterocycles. The molecule has 1 atom stereocenters. The van der Waals surface area contributed by atoms with Gasteiger partial charge in [-0.25, -0.2) is 4.98 Å². The Balaban J connectivity index is 1.17. The van der Waals surface area contributed by atoms with Crippen molar-refractivity contribution in [1.82, 2.24) is 25.4 Å². The van der Waals surface area contributed by atoms with Gasteiger partial charge in [0.2, 0.25) is 5.82 Å².